The average Bonchev–Trinajstić information content (AvgIpc) is 2.62. The van der Waals surface area contributed by atoms with E-state index in [4.69, 9.17) is 28.6 Å². The number of nitro groups is 1. The Balaban J connectivity index is 1.73. The smallest absolute Gasteiger partial charge is 0.270 e. The van der Waals surface area contributed by atoms with Crippen LogP contribution in [0.15, 0.2) is 42.5 Å². The molecule has 0 aromatic heterocycles. The maximum atomic E-state index is 13.1. The van der Waals surface area contributed by atoms with Crippen LogP contribution in [0.4, 0.5) is 11.4 Å². The summed E-state index contributed by atoms with van der Waals surface area (Å²) < 4.78 is 6.04. The zero-order valence-electron chi connectivity index (χ0n) is 14.6. The number of anilines is 1. The summed E-state index contributed by atoms with van der Waals surface area (Å²) in [5, 5.41) is 21.0. The van der Waals surface area contributed by atoms with Crippen molar-refractivity contribution in [3.05, 3.63) is 63.2 Å². The Bertz CT molecular complexity index is 1000. The summed E-state index contributed by atoms with van der Waals surface area (Å²) in [6.07, 6.45) is 0. The summed E-state index contributed by atoms with van der Waals surface area (Å²) in [7, 11) is 0. The molecule has 3 N–H and O–H groups in total. The number of non-ortho nitro benzene ring substituents is 1. The highest BCUT2D eigenvalue weighted by Crippen LogP contribution is 2.46. The Kier molecular flexibility index (Phi) is 4.35. The molecule has 2 aromatic rings. The van der Waals surface area contributed by atoms with Crippen molar-refractivity contribution in [3.63, 3.8) is 0 Å². The van der Waals surface area contributed by atoms with Crippen LogP contribution in [-0.4, -0.2) is 21.7 Å². The Morgan fingerprint density at radius 2 is 2.04 bits per heavy atom. The standard InChI is InChI=1S/C18H15ClN4O4S/c1-18-14(16(24)20-10-4-2-9(19)3-5-10)15(21-17(28)22-18)12-8-11(23(25)26)6-7-13(12)27-18/h2-8,14-15H,1H3,(H,20,24)(H2,21,22,28)/t14-,15+,18-/m1/s1. The monoisotopic (exact) mass is 418 g/mol. The molecule has 0 radical (unpaired) electrons. The number of nitrogens with one attached hydrogen (secondary N) is 3. The molecule has 1 fully saturated rings. The van der Waals surface area contributed by atoms with Crippen LogP contribution in [0.5, 0.6) is 5.75 Å². The summed E-state index contributed by atoms with van der Waals surface area (Å²) in [6.45, 7) is 1.73. The van der Waals surface area contributed by atoms with Crippen molar-refractivity contribution in [2.75, 3.05) is 5.32 Å². The normalized spacial score (nSPS) is 24.9. The van der Waals surface area contributed by atoms with Crippen LogP contribution in [0.3, 0.4) is 0 Å². The molecule has 2 aliphatic heterocycles. The molecule has 8 nitrogen and oxygen atoms in total. The molecule has 0 spiro atoms. The molecule has 144 valence electrons. The fourth-order valence-electron chi connectivity index (χ4n) is 3.60. The Hall–Kier alpha value is -2.91. The SMILES string of the molecule is C[C@@]12NC(=S)N[C@@H](c3cc([N+](=O)[O-])ccc3O1)[C@@H]2C(=O)Nc1ccc(Cl)cc1. The molecule has 2 aliphatic rings. The summed E-state index contributed by atoms with van der Waals surface area (Å²) in [5.74, 6) is -0.616. The van der Waals surface area contributed by atoms with E-state index >= 15 is 0 Å². The predicted molar refractivity (Wildman–Crippen MR) is 107 cm³/mol. The van der Waals surface area contributed by atoms with Crippen molar-refractivity contribution in [2.24, 2.45) is 5.92 Å². The fourth-order valence-corrected chi connectivity index (χ4v) is 4.05. The zero-order valence-corrected chi connectivity index (χ0v) is 16.1. The minimum atomic E-state index is -1.12. The summed E-state index contributed by atoms with van der Waals surface area (Å²) in [4.78, 5) is 23.8. The van der Waals surface area contributed by atoms with Gasteiger partial charge in [0.15, 0.2) is 10.8 Å². The minimum Gasteiger partial charge on any atom is -0.467 e. The molecule has 2 bridgehead atoms. The van der Waals surface area contributed by atoms with Crippen LogP contribution >= 0.6 is 23.8 Å². The maximum absolute atomic E-state index is 13.1. The molecule has 0 aliphatic carbocycles. The van der Waals surface area contributed by atoms with E-state index < -0.39 is 22.6 Å². The van der Waals surface area contributed by atoms with E-state index in [9.17, 15) is 14.9 Å². The second-order valence-electron chi connectivity index (χ2n) is 6.74. The van der Waals surface area contributed by atoms with E-state index in [1.165, 1.54) is 18.2 Å². The molecule has 2 heterocycles. The van der Waals surface area contributed by atoms with Crippen molar-refractivity contribution < 1.29 is 14.5 Å². The largest absolute Gasteiger partial charge is 0.467 e. The molecule has 10 heteroatoms. The second kappa shape index (κ2) is 6.61. The molecule has 4 rings (SSSR count). The lowest BCUT2D eigenvalue weighted by Crippen LogP contribution is -2.70. The molecular weight excluding hydrogens is 404 g/mol. The third kappa shape index (κ3) is 3.12. The number of carbonyl (C=O) groups excluding carboxylic acids is 1. The number of hydrogen-bond acceptors (Lipinski definition) is 5. The first-order chi connectivity index (χ1) is 13.3. The Morgan fingerprint density at radius 1 is 1.32 bits per heavy atom. The summed E-state index contributed by atoms with van der Waals surface area (Å²) in [6, 6.07) is 10.4. The van der Waals surface area contributed by atoms with Gasteiger partial charge in [-0.05, 0) is 49.5 Å². The van der Waals surface area contributed by atoms with Crippen LogP contribution in [0.1, 0.15) is 18.5 Å². The predicted octanol–water partition coefficient (Wildman–Crippen LogP) is 3.13. The highest BCUT2D eigenvalue weighted by molar-refractivity contribution is 7.80. The number of nitro benzene ring substituents is 1. The average molecular weight is 419 g/mol. The van der Waals surface area contributed by atoms with Gasteiger partial charge in [0.25, 0.3) is 5.69 Å². The lowest BCUT2D eigenvalue weighted by atomic mass is 9.79. The topological polar surface area (TPSA) is 106 Å². The van der Waals surface area contributed by atoms with Crippen molar-refractivity contribution in [3.8, 4) is 5.75 Å². The third-order valence-electron chi connectivity index (χ3n) is 4.83. The number of benzene rings is 2. The first-order valence-corrected chi connectivity index (χ1v) is 9.18. The molecular formula is C18H15ClN4O4S. The van der Waals surface area contributed by atoms with Crippen LogP contribution < -0.4 is 20.7 Å². The van der Waals surface area contributed by atoms with Gasteiger partial charge in [0, 0.05) is 28.4 Å². The van der Waals surface area contributed by atoms with Gasteiger partial charge < -0.3 is 20.7 Å². The molecule has 0 saturated carbocycles. The van der Waals surface area contributed by atoms with Gasteiger partial charge in [0.2, 0.25) is 5.91 Å². The number of carbonyl (C=O) groups is 1. The Morgan fingerprint density at radius 3 is 2.71 bits per heavy atom. The van der Waals surface area contributed by atoms with Crippen LogP contribution in [0, 0.1) is 16.0 Å². The number of nitrogens with zero attached hydrogens (tertiary/aromatic N) is 1. The van der Waals surface area contributed by atoms with Crippen LogP contribution in [0.25, 0.3) is 0 Å². The number of hydrogen-bond donors (Lipinski definition) is 3. The van der Waals surface area contributed by atoms with Gasteiger partial charge in [-0.1, -0.05) is 11.6 Å². The van der Waals surface area contributed by atoms with Gasteiger partial charge in [-0.3, -0.25) is 14.9 Å². The maximum Gasteiger partial charge on any atom is 0.270 e. The van der Waals surface area contributed by atoms with E-state index in [2.05, 4.69) is 16.0 Å². The first kappa shape index (κ1) is 18.5. The van der Waals surface area contributed by atoms with Crippen LogP contribution in [-0.2, 0) is 4.79 Å². The van der Waals surface area contributed by atoms with Gasteiger partial charge >= 0.3 is 0 Å². The third-order valence-corrected chi connectivity index (χ3v) is 5.30. The van der Waals surface area contributed by atoms with Crippen molar-refractivity contribution in [2.45, 2.75) is 18.7 Å². The number of fused-ring (bicyclic) bond motifs is 4. The van der Waals surface area contributed by atoms with E-state index in [1.54, 1.807) is 31.2 Å². The van der Waals surface area contributed by atoms with Crippen LogP contribution in [0.2, 0.25) is 5.02 Å². The quantitative estimate of drug-likeness (QED) is 0.399. The molecule has 3 atom stereocenters. The fraction of sp³-hybridized carbons (Fsp3) is 0.222. The lowest BCUT2D eigenvalue weighted by molar-refractivity contribution is -0.385. The summed E-state index contributed by atoms with van der Waals surface area (Å²) in [5.41, 5.74) is -0.128. The number of rotatable bonds is 3. The van der Waals surface area contributed by atoms with Gasteiger partial charge in [-0.15, -0.1) is 0 Å². The van der Waals surface area contributed by atoms with Gasteiger partial charge in [-0.2, -0.15) is 0 Å². The van der Waals surface area contributed by atoms with E-state index in [1.807, 2.05) is 0 Å². The first-order valence-electron chi connectivity index (χ1n) is 8.39. The number of ether oxygens (including phenoxy) is 1. The second-order valence-corrected chi connectivity index (χ2v) is 7.58. The zero-order chi connectivity index (χ0) is 20.1. The number of amides is 1. The van der Waals surface area contributed by atoms with Gasteiger partial charge in [-0.25, -0.2) is 0 Å². The molecule has 28 heavy (non-hydrogen) atoms. The van der Waals surface area contributed by atoms with E-state index in [0.717, 1.165) is 0 Å². The molecule has 1 saturated heterocycles. The number of thiocarbonyl (C=S) groups is 1. The molecule has 0 unspecified atom stereocenters. The highest BCUT2D eigenvalue weighted by atomic mass is 35.5. The van der Waals surface area contributed by atoms with Gasteiger partial charge in [0.1, 0.15) is 11.7 Å². The van der Waals surface area contributed by atoms with Crippen molar-refractivity contribution in [1.29, 1.82) is 0 Å². The Labute approximate surface area is 170 Å². The lowest BCUT2D eigenvalue weighted by Gasteiger charge is -2.50. The molecule has 1 amide bonds. The van der Waals surface area contributed by atoms with Crippen molar-refractivity contribution >= 4 is 46.2 Å². The van der Waals surface area contributed by atoms with E-state index in [-0.39, 0.29) is 11.6 Å². The van der Waals surface area contributed by atoms with Crippen molar-refractivity contribution in [1.82, 2.24) is 10.6 Å². The minimum absolute atomic E-state index is 0.0888. The van der Waals surface area contributed by atoms with Gasteiger partial charge in [0.05, 0.1) is 11.0 Å². The molecule has 2 aromatic carbocycles. The number of halogens is 1. The highest BCUT2D eigenvalue weighted by Gasteiger charge is 2.55. The summed E-state index contributed by atoms with van der Waals surface area (Å²) >= 11 is 11.1. The van der Waals surface area contributed by atoms with E-state index in [0.29, 0.717) is 27.1 Å².